The summed E-state index contributed by atoms with van der Waals surface area (Å²) in [5, 5.41) is 0. The Morgan fingerprint density at radius 1 is 1.48 bits per heavy atom. The minimum Gasteiger partial charge on any atom is -0.465 e. The third-order valence-corrected chi connectivity index (χ3v) is 3.73. The van der Waals surface area contributed by atoms with Crippen LogP contribution in [0.15, 0.2) is 18.2 Å². The van der Waals surface area contributed by atoms with Crippen LogP contribution >= 0.6 is 0 Å². The van der Waals surface area contributed by atoms with E-state index in [9.17, 15) is 4.79 Å². The summed E-state index contributed by atoms with van der Waals surface area (Å²) in [6.45, 7) is 4.64. The number of nitrogen functional groups attached to an aromatic ring is 1. The number of nitrogens with two attached hydrogens (primary N) is 1. The topological polar surface area (TPSA) is 64.8 Å². The number of benzene rings is 1. The Morgan fingerprint density at radius 2 is 2.29 bits per heavy atom. The average Bonchev–Trinajstić information content (AvgIpc) is 2.53. The Kier molecular flexibility index (Phi) is 5.44. The Hall–Kier alpha value is -1.75. The third kappa shape index (κ3) is 3.88. The van der Waals surface area contributed by atoms with E-state index in [4.69, 9.17) is 15.2 Å². The average molecular weight is 292 g/mol. The number of hydrogen-bond acceptors (Lipinski definition) is 5. The van der Waals surface area contributed by atoms with Crippen LogP contribution in [0.1, 0.15) is 36.5 Å². The maximum absolute atomic E-state index is 11.7. The maximum atomic E-state index is 11.7. The van der Waals surface area contributed by atoms with Crippen molar-refractivity contribution in [1.29, 1.82) is 0 Å². The molecule has 0 spiro atoms. The lowest BCUT2D eigenvalue weighted by molar-refractivity contribution is 0.0441. The Labute approximate surface area is 126 Å². The molecule has 0 radical (unpaired) electrons. The van der Waals surface area contributed by atoms with E-state index < -0.39 is 0 Å². The number of esters is 1. The van der Waals surface area contributed by atoms with Crippen molar-refractivity contribution in [2.24, 2.45) is 0 Å². The highest BCUT2D eigenvalue weighted by molar-refractivity contribution is 5.92. The van der Waals surface area contributed by atoms with E-state index in [-0.39, 0.29) is 12.1 Å². The number of rotatable bonds is 5. The molecular formula is C16H24N2O3. The van der Waals surface area contributed by atoms with Crippen LogP contribution in [-0.2, 0) is 9.47 Å². The molecule has 0 aromatic heterocycles. The molecule has 1 aromatic rings. The van der Waals surface area contributed by atoms with Crippen molar-refractivity contribution in [2.75, 3.05) is 37.4 Å². The second-order valence-electron chi connectivity index (χ2n) is 5.35. The lowest BCUT2D eigenvalue weighted by atomic mass is 10.1. The molecule has 0 aliphatic carbocycles. The smallest absolute Gasteiger partial charge is 0.337 e. The summed E-state index contributed by atoms with van der Waals surface area (Å²) in [6.07, 6.45) is 3.40. The van der Waals surface area contributed by atoms with E-state index in [0.29, 0.717) is 11.3 Å². The predicted molar refractivity (Wildman–Crippen MR) is 83.7 cm³/mol. The summed E-state index contributed by atoms with van der Waals surface area (Å²) < 4.78 is 10.6. The standard InChI is InChI=1S/C16H24N2O3/c1-3-9-21-13-5-4-8-18(11-13)15-10-12(16(19)20-2)6-7-14(15)17/h6-7,10,13H,3-5,8-9,11,17H2,1-2H3. The van der Waals surface area contributed by atoms with Gasteiger partial charge in [0.1, 0.15) is 0 Å². The normalized spacial score (nSPS) is 18.6. The van der Waals surface area contributed by atoms with Crippen LogP contribution in [0.2, 0.25) is 0 Å². The van der Waals surface area contributed by atoms with Crippen molar-refractivity contribution in [2.45, 2.75) is 32.3 Å². The van der Waals surface area contributed by atoms with Gasteiger partial charge in [0.05, 0.1) is 30.2 Å². The summed E-state index contributed by atoms with van der Waals surface area (Å²) in [7, 11) is 1.38. The molecule has 116 valence electrons. The van der Waals surface area contributed by atoms with Gasteiger partial charge in [-0.1, -0.05) is 6.92 Å². The third-order valence-electron chi connectivity index (χ3n) is 3.73. The first-order valence-electron chi connectivity index (χ1n) is 7.50. The van der Waals surface area contributed by atoms with Crippen molar-refractivity contribution in [3.8, 4) is 0 Å². The monoisotopic (exact) mass is 292 g/mol. The summed E-state index contributed by atoms with van der Waals surface area (Å²) in [4.78, 5) is 13.9. The molecule has 0 bridgehead atoms. The highest BCUT2D eigenvalue weighted by Gasteiger charge is 2.22. The van der Waals surface area contributed by atoms with Gasteiger partial charge in [0.25, 0.3) is 0 Å². The molecule has 1 aliphatic rings. The number of anilines is 2. The van der Waals surface area contributed by atoms with Crippen molar-refractivity contribution in [3.05, 3.63) is 23.8 Å². The molecule has 1 aromatic carbocycles. The van der Waals surface area contributed by atoms with Crippen molar-refractivity contribution < 1.29 is 14.3 Å². The quantitative estimate of drug-likeness (QED) is 0.667. The van der Waals surface area contributed by atoms with E-state index in [1.54, 1.807) is 12.1 Å². The molecule has 5 heteroatoms. The van der Waals surface area contributed by atoms with Gasteiger partial charge in [-0.3, -0.25) is 0 Å². The highest BCUT2D eigenvalue weighted by atomic mass is 16.5. The zero-order chi connectivity index (χ0) is 15.2. The molecular weight excluding hydrogens is 268 g/mol. The molecule has 2 N–H and O–H groups in total. The number of piperidine rings is 1. The lowest BCUT2D eigenvalue weighted by Crippen LogP contribution is -2.40. The first kappa shape index (κ1) is 15.6. The number of methoxy groups -OCH3 is 1. The first-order valence-corrected chi connectivity index (χ1v) is 7.50. The van der Waals surface area contributed by atoms with Gasteiger partial charge in [0, 0.05) is 19.7 Å². The number of carbonyl (C=O) groups excluding carboxylic acids is 1. The Bertz CT molecular complexity index is 490. The van der Waals surface area contributed by atoms with Crippen molar-refractivity contribution >= 4 is 17.3 Å². The minimum absolute atomic E-state index is 0.236. The fourth-order valence-electron chi connectivity index (χ4n) is 2.64. The van der Waals surface area contributed by atoms with E-state index in [2.05, 4.69) is 11.8 Å². The first-order chi connectivity index (χ1) is 10.2. The van der Waals surface area contributed by atoms with Crippen LogP contribution in [0.25, 0.3) is 0 Å². The highest BCUT2D eigenvalue weighted by Crippen LogP contribution is 2.28. The van der Waals surface area contributed by atoms with Crippen molar-refractivity contribution in [3.63, 3.8) is 0 Å². The largest absolute Gasteiger partial charge is 0.465 e. The van der Waals surface area contributed by atoms with E-state index >= 15 is 0 Å². The second kappa shape index (κ2) is 7.31. The van der Waals surface area contributed by atoms with Gasteiger partial charge < -0.3 is 20.1 Å². The zero-order valence-electron chi connectivity index (χ0n) is 12.8. The van der Waals surface area contributed by atoms with Gasteiger partial charge in [-0.2, -0.15) is 0 Å². The molecule has 1 atom stereocenters. The summed E-state index contributed by atoms with van der Waals surface area (Å²) in [5.74, 6) is -0.341. The zero-order valence-corrected chi connectivity index (χ0v) is 12.8. The lowest BCUT2D eigenvalue weighted by Gasteiger charge is -2.35. The van der Waals surface area contributed by atoms with Crippen LogP contribution in [0, 0.1) is 0 Å². The Balaban J connectivity index is 2.14. The number of ether oxygens (including phenoxy) is 2. The molecule has 1 unspecified atom stereocenters. The molecule has 2 rings (SSSR count). The maximum Gasteiger partial charge on any atom is 0.337 e. The molecule has 1 saturated heterocycles. The number of carbonyl (C=O) groups is 1. The van der Waals surface area contributed by atoms with Gasteiger partial charge in [-0.15, -0.1) is 0 Å². The van der Waals surface area contributed by atoms with Crippen LogP contribution in [0.3, 0.4) is 0 Å². The molecule has 0 amide bonds. The molecule has 1 aliphatic heterocycles. The molecule has 21 heavy (non-hydrogen) atoms. The van der Waals surface area contributed by atoms with Gasteiger partial charge in [-0.05, 0) is 37.5 Å². The SMILES string of the molecule is CCCOC1CCCN(c2cc(C(=O)OC)ccc2N)C1. The summed E-state index contributed by atoms with van der Waals surface area (Å²) >= 11 is 0. The van der Waals surface area contributed by atoms with E-state index in [1.807, 2.05) is 6.07 Å². The van der Waals surface area contributed by atoms with Gasteiger partial charge >= 0.3 is 5.97 Å². The van der Waals surface area contributed by atoms with Gasteiger partial charge in [-0.25, -0.2) is 4.79 Å². The van der Waals surface area contributed by atoms with Gasteiger partial charge in [0.2, 0.25) is 0 Å². The molecule has 1 heterocycles. The van der Waals surface area contributed by atoms with Crippen LogP contribution in [-0.4, -0.2) is 38.9 Å². The van der Waals surface area contributed by atoms with Crippen molar-refractivity contribution in [1.82, 2.24) is 0 Å². The second-order valence-corrected chi connectivity index (χ2v) is 5.35. The van der Waals surface area contributed by atoms with Crippen LogP contribution < -0.4 is 10.6 Å². The van der Waals surface area contributed by atoms with E-state index in [0.717, 1.165) is 44.6 Å². The van der Waals surface area contributed by atoms with Crippen LogP contribution in [0.5, 0.6) is 0 Å². The molecule has 1 fully saturated rings. The molecule has 5 nitrogen and oxygen atoms in total. The number of nitrogens with zero attached hydrogens (tertiary/aromatic N) is 1. The summed E-state index contributed by atoms with van der Waals surface area (Å²) in [6, 6.07) is 5.27. The van der Waals surface area contributed by atoms with Crippen LogP contribution in [0.4, 0.5) is 11.4 Å². The van der Waals surface area contributed by atoms with E-state index in [1.165, 1.54) is 7.11 Å². The predicted octanol–water partition coefficient (Wildman–Crippen LogP) is 2.45. The fraction of sp³-hybridized carbons (Fsp3) is 0.562. The van der Waals surface area contributed by atoms with Gasteiger partial charge in [0.15, 0.2) is 0 Å². The Morgan fingerprint density at radius 3 is 3.00 bits per heavy atom. The molecule has 0 saturated carbocycles. The minimum atomic E-state index is -0.341. The fourth-order valence-corrected chi connectivity index (χ4v) is 2.64. The summed E-state index contributed by atoms with van der Waals surface area (Å²) in [5.41, 5.74) is 8.17. The number of hydrogen-bond donors (Lipinski definition) is 1.